The van der Waals surface area contributed by atoms with Gasteiger partial charge in [-0.3, -0.25) is 14.2 Å². The number of aromatic nitrogens is 3. The Morgan fingerprint density at radius 2 is 1.73 bits per heavy atom. The third-order valence-electron chi connectivity index (χ3n) is 7.36. The van der Waals surface area contributed by atoms with E-state index in [1.54, 1.807) is 27.7 Å². The highest BCUT2D eigenvalue weighted by Crippen LogP contribution is 2.32. The maximum Gasteiger partial charge on any atom is 0.260 e. The molecule has 11 heteroatoms. The summed E-state index contributed by atoms with van der Waals surface area (Å²) in [5.74, 6) is -4.49. The molecule has 2 N–H and O–H groups in total. The Labute approximate surface area is 232 Å². The molecule has 8 nitrogen and oxygen atoms in total. The first-order chi connectivity index (χ1) is 18.9. The molecule has 216 valence electrons. The predicted octanol–water partition coefficient (Wildman–Crippen LogP) is 5.73. The Kier molecular flexibility index (Phi) is 8.82. The fourth-order valence-corrected chi connectivity index (χ4v) is 5.25. The average Bonchev–Trinajstić information content (AvgIpc) is 2.88. The van der Waals surface area contributed by atoms with Crippen molar-refractivity contribution in [2.75, 3.05) is 24.7 Å². The summed E-state index contributed by atoms with van der Waals surface area (Å²) in [6, 6.07) is 2.43. The van der Waals surface area contributed by atoms with E-state index in [4.69, 9.17) is 0 Å². The van der Waals surface area contributed by atoms with Gasteiger partial charge in [0.15, 0.2) is 17.5 Å². The second kappa shape index (κ2) is 12.0. The average molecular weight is 559 g/mol. The van der Waals surface area contributed by atoms with Gasteiger partial charge in [-0.25, -0.2) is 18.2 Å². The lowest BCUT2D eigenvalue weighted by Crippen LogP contribution is -2.36. The molecule has 0 spiro atoms. The van der Waals surface area contributed by atoms with Crippen LogP contribution in [0.15, 0.2) is 23.1 Å². The van der Waals surface area contributed by atoms with E-state index in [0.717, 1.165) is 31.7 Å². The normalized spacial score (nSPS) is 17.7. The van der Waals surface area contributed by atoms with E-state index in [1.807, 2.05) is 0 Å². The summed E-state index contributed by atoms with van der Waals surface area (Å²) in [6.07, 6.45) is 5.56. The van der Waals surface area contributed by atoms with E-state index in [2.05, 4.69) is 39.6 Å². The van der Waals surface area contributed by atoms with Crippen molar-refractivity contribution in [2.45, 2.75) is 77.9 Å². The van der Waals surface area contributed by atoms with E-state index in [0.29, 0.717) is 23.0 Å². The number of amides is 1. The molecule has 1 aromatic carbocycles. The minimum atomic E-state index is -1.57. The molecule has 0 unspecified atom stereocenters. The number of benzene rings is 1. The van der Waals surface area contributed by atoms with Crippen LogP contribution < -0.4 is 16.2 Å². The second-order valence-electron chi connectivity index (χ2n) is 11.5. The minimum Gasteiger partial charge on any atom is -0.351 e. The van der Waals surface area contributed by atoms with Crippen molar-refractivity contribution in [3.63, 3.8) is 0 Å². The fraction of sp³-hybridized carbons (Fsp3) is 0.517. The van der Waals surface area contributed by atoms with Crippen LogP contribution in [0.3, 0.4) is 0 Å². The third-order valence-corrected chi connectivity index (χ3v) is 7.36. The van der Waals surface area contributed by atoms with Crippen LogP contribution in [0.4, 0.5) is 24.8 Å². The number of nitrogens with one attached hydrogen (secondary N) is 2. The van der Waals surface area contributed by atoms with Crippen LogP contribution >= 0.6 is 0 Å². The molecule has 2 aromatic heterocycles. The van der Waals surface area contributed by atoms with Crippen LogP contribution in [-0.2, 0) is 4.79 Å². The maximum absolute atomic E-state index is 15.3. The van der Waals surface area contributed by atoms with E-state index in [-0.39, 0.29) is 30.0 Å². The highest BCUT2D eigenvalue weighted by molar-refractivity contribution is 5.91. The van der Waals surface area contributed by atoms with Crippen LogP contribution in [0.1, 0.15) is 65.8 Å². The zero-order valence-corrected chi connectivity index (χ0v) is 23.8. The zero-order chi connectivity index (χ0) is 29.3. The van der Waals surface area contributed by atoms with Crippen molar-refractivity contribution in [2.24, 2.45) is 5.92 Å². The van der Waals surface area contributed by atoms with E-state index in [9.17, 15) is 18.4 Å². The molecule has 2 heterocycles. The maximum atomic E-state index is 15.3. The quantitative estimate of drug-likeness (QED) is 0.344. The number of rotatable bonds is 8. The van der Waals surface area contributed by atoms with Gasteiger partial charge in [0.05, 0.1) is 5.56 Å². The van der Waals surface area contributed by atoms with Crippen molar-refractivity contribution in [1.29, 1.82) is 0 Å². The molecule has 4 rings (SSSR count). The van der Waals surface area contributed by atoms with Gasteiger partial charge in [0.2, 0.25) is 11.9 Å². The number of halogens is 3. The van der Waals surface area contributed by atoms with Gasteiger partial charge in [-0.2, -0.15) is 4.98 Å². The van der Waals surface area contributed by atoms with Crippen LogP contribution in [0, 0.1) is 23.4 Å². The lowest BCUT2D eigenvalue weighted by Gasteiger charge is -2.33. The van der Waals surface area contributed by atoms with Crippen LogP contribution in [-0.4, -0.2) is 51.5 Å². The number of hydrogen-bond acceptors (Lipinski definition) is 6. The number of hydrogen-bond donors (Lipinski definition) is 2. The molecule has 0 atom stereocenters. The Morgan fingerprint density at radius 1 is 1.05 bits per heavy atom. The monoisotopic (exact) mass is 558 g/mol. The minimum absolute atomic E-state index is 0.0141. The van der Waals surface area contributed by atoms with Gasteiger partial charge in [-0.15, -0.1) is 0 Å². The third kappa shape index (κ3) is 6.14. The number of pyridine rings is 1. The molecule has 1 fully saturated rings. The summed E-state index contributed by atoms with van der Waals surface area (Å²) in [5.41, 5.74) is -1.97. The van der Waals surface area contributed by atoms with Crippen molar-refractivity contribution >= 4 is 28.6 Å². The molecule has 40 heavy (non-hydrogen) atoms. The molecule has 0 bridgehead atoms. The van der Waals surface area contributed by atoms with E-state index >= 15 is 4.39 Å². The molecule has 0 aliphatic heterocycles. The molecular formula is C29H37F3N6O2. The molecule has 1 amide bonds. The van der Waals surface area contributed by atoms with E-state index in [1.165, 1.54) is 16.8 Å². The molecule has 1 saturated carbocycles. The van der Waals surface area contributed by atoms with Gasteiger partial charge >= 0.3 is 0 Å². The summed E-state index contributed by atoms with van der Waals surface area (Å²) in [5, 5.41) is 5.90. The predicted molar refractivity (Wildman–Crippen MR) is 151 cm³/mol. The van der Waals surface area contributed by atoms with Crippen molar-refractivity contribution in [3.05, 3.63) is 46.1 Å². The summed E-state index contributed by atoms with van der Waals surface area (Å²) >= 11 is 0. The first-order valence-corrected chi connectivity index (χ1v) is 13.7. The Morgan fingerprint density at radius 3 is 2.33 bits per heavy atom. The standard InChI is InChI=1S/C29H37F3N6O2/c1-15(2)11-23(39)35-26-22(30)13-20(24(31)25(26)32)21-12-17-14-33-29(36-27(17)38(16(3)4)28(21)40)34-18-7-9-19(10-8-18)37(5)6/h12-16,18-19H,7-11H2,1-6H3,(H,35,39)(H,33,34,36)/t18-,19-. The smallest absolute Gasteiger partial charge is 0.260 e. The highest BCUT2D eigenvalue weighted by Gasteiger charge is 2.26. The lowest BCUT2D eigenvalue weighted by atomic mass is 9.91. The largest absolute Gasteiger partial charge is 0.351 e. The van der Waals surface area contributed by atoms with Gasteiger partial charge in [0, 0.05) is 41.7 Å². The molecule has 0 radical (unpaired) electrons. The van der Waals surface area contributed by atoms with Gasteiger partial charge in [0.1, 0.15) is 11.3 Å². The van der Waals surface area contributed by atoms with Crippen molar-refractivity contribution in [3.8, 4) is 11.1 Å². The van der Waals surface area contributed by atoms with Gasteiger partial charge in [-0.05, 0) is 71.7 Å². The van der Waals surface area contributed by atoms with E-state index < -0.39 is 40.2 Å². The molecule has 3 aromatic rings. The molecular weight excluding hydrogens is 521 g/mol. The van der Waals surface area contributed by atoms with Crippen LogP contribution in [0.25, 0.3) is 22.2 Å². The van der Waals surface area contributed by atoms with Crippen molar-refractivity contribution < 1.29 is 18.0 Å². The van der Waals surface area contributed by atoms with Crippen LogP contribution in [0.5, 0.6) is 0 Å². The van der Waals surface area contributed by atoms with Gasteiger partial charge < -0.3 is 15.5 Å². The highest BCUT2D eigenvalue weighted by atomic mass is 19.2. The molecule has 0 saturated heterocycles. The Bertz CT molecular complexity index is 1460. The molecule has 1 aliphatic rings. The number of fused-ring (bicyclic) bond motifs is 1. The van der Waals surface area contributed by atoms with Gasteiger partial charge in [0.25, 0.3) is 5.56 Å². The number of anilines is 2. The second-order valence-corrected chi connectivity index (χ2v) is 11.5. The lowest BCUT2D eigenvalue weighted by molar-refractivity contribution is -0.116. The summed E-state index contributed by atoms with van der Waals surface area (Å²) in [7, 11) is 4.16. The summed E-state index contributed by atoms with van der Waals surface area (Å²) in [6.45, 7) is 7.09. The van der Waals surface area contributed by atoms with Crippen LogP contribution in [0.2, 0.25) is 0 Å². The molecule has 1 aliphatic carbocycles. The first-order valence-electron chi connectivity index (χ1n) is 13.7. The fourth-order valence-electron chi connectivity index (χ4n) is 5.25. The Hall–Kier alpha value is -3.47. The Balaban J connectivity index is 1.71. The number of nitrogens with zero attached hydrogens (tertiary/aromatic N) is 4. The SMILES string of the molecule is CC(C)CC(=O)Nc1c(F)cc(-c2cc3cnc(N[C@H]4CC[C@H](N(C)C)CC4)nc3n(C(C)C)c2=O)c(F)c1F. The number of carbonyl (C=O) groups excluding carboxylic acids is 1. The summed E-state index contributed by atoms with van der Waals surface area (Å²) < 4.78 is 46.6. The van der Waals surface area contributed by atoms with Crippen molar-refractivity contribution in [1.82, 2.24) is 19.4 Å². The topological polar surface area (TPSA) is 92.2 Å². The summed E-state index contributed by atoms with van der Waals surface area (Å²) in [4.78, 5) is 36.9. The number of carbonyl (C=O) groups is 1. The first kappa shape index (κ1) is 29.5. The van der Waals surface area contributed by atoms with Gasteiger partial charge in [-0.1, -0.05) is 13.8 Å². The zero-order valence-electron chi connectivity index (χ0n) is 23.8.